The maximum atomic E-state index is 12.9. The number of hydrogen-bond donors (Lipinski definition) is 2. The van der Waals surface area contributed by atoms with Crippen LogP contribution in [0.5, 0.6) is 0 Å². The number of nitrogens with zero attached hydrogens (tertiary/aromatic N) is 3. The van der Waals surface area contributed by atoms with Crippen LogP contribution in [-0.2, 0) is 4.79 Å². The quantitative estimate of drug-likeness (QED) is 0.548. The number of aromatic nitrogens is 3. The lowest BCUT2D eigenvalue weighted by Crippen LogP contribution is -2.33. The Morgan fingerprint density at radius 3 is 2.82 bits per heavy atom. The number of amides is 1. The van der Waals surface area contributed by atoms with Crippen molar-refractivity contribution >= 4 is 38.8 Å². The van der Waals surface area contributed by atoms with E-state index in [0.29, 0.717) is 6.54 Å². The van der Waals surface area contributed by atoms with Crippen molar-refractivity contribution in [1.82, 2.24) is 15.2 Å². The van der Waals surface area contributed by atoms with Crippen LogP contribution < -0.4 is 10.2 Å². The van der Waals surface area contributed by atoms with Gasteiger partial charge in [0, 0.05) is 29.7 Å². The van der Waals surface area contributed by atoms with E-state index in [-0.39, 0.29) is 11.9 Å². The SMILES string of the molecule is Cc1nc2ccc(NC3CCN(c4ccc(-c5cn[nH]c5)cc4)C3=O)cc2s1. The van der Waals surface area contributed by atoms with Crippen LogP contribution in [0.2, 0.25) is 0 Å². The van der Waals surface area contributed by atoms with E-state index >= 15 is 0 Å². The summed E-state index contributed by atoms with van der Waals surface area (Å²) in [7, 11) is 0. The number of H-pyrrole nitrogens is 1. The lowest BCUT2D eigenvalue weighted by atomic mass is 10.1. The van der Waals surface area contributed by atoms with E-state index in [1.165, 1.54) is 0 Å². The molecule has 2 aromatic heterocycles. The molecule has 28 heavy (non-hydrogen) atoms. The van der Waals surface area contributed by atoms with Gasteiger partial charge in [-0.1, -0.05) is 12.1 Å². The summed E-state index contributed by atoms with van der Waals surface area (Å²) in [6.07, 6.45) is 4.43. The van der Waals surface area contributed by atoms with E-state index in [1.54, 1.807) is 17.5 Å². The Morgan fingerprint density at radius 2 is 2.04 bits per heavy atom. The van der Waals surface area contributed by atoms with E-state index < -0.39 is 0 Å². The van der Waals surface area contributed by atoms with Gasteiger partial charge in [0.25, 0.3) is 0 Å². The zero-order valence-corrected chi connectivity index (χ0v) is 16.2. The summed E-state index contributed by atoms with van der Waals surface area (Å²) in [6, 6.07) is 13.9. The van der Waals surface area contributed by atoms with E-state index in [2.05, 4.69) is 26.6 Å². The molecule has 5 rings (SSSR count). The number of aryl methyl sites for hydroxylation is 1. The van der Waals surface area contributed by atoms with Gasteiger partial charge in [-0.25, -0.2) is 4.98 Å². The number of benzene rings is 2. The van der Waals surface area contributed by atoms with Crippen molar-refractivity contribution < 1.29 is 4.79 Å². The largest absolute Gasteiger partial charge is 0.374 e. The zero-order chi connectivity index (χ0) is 19.1. The molecule has 1 aliphatic rings. The smallest absolute Gasteiger partial charge is 0.249 e. The molecule has 3 heterocycles. The third-order valence-corrected chi connectivity index (χ3v) is 5.99. The first-order valence-electron chi connectivity index (χ1n) is 9.22. The first-order chi connectivity index (χ1) is 13.7. The Bertz CT molecular complexity index is 1130. The molecular weight excluding hydrogens is 370 g/mol. The first-order valence-corrected chi connectivity index (χ1v) is 10.0. The molecule has 1 aliphatic heterocycles. The first kappa shape index (κ1) is 16.9. The lowest BCUT2D eigenvalue weighted by Gasteiger charge is -2.18. The summed E-state index contributed by atoms with van der Waals surface area (Å²) in [5.41, 5.74) is 5.01. The fourth-order valence-corrected chi connectivity index (χ4v) is 4.51. The zero-order valence-electron chi connectivity index (χ0n) is 15.3. The van der Waals surface area contributed by atoms with Crippen LogP contribution >= 0.6 is 11.3 Å². The third-order valence-electron chi connectivity index (χ3n) is 5.05. The molecule has 2 aromatic carbocycles. The molecular formula is C21H19N5OS. The molecule has 0 aliphatic carbocycles. The highest BCUT2D eigenvalue weighted by Gasteiger charge is 2.32. The van der Waals surface area contributed by atoms with Crippen LogP contribution in [0.1, 0.15) is 11.4 Å². The van der Waals surface area contributed by atoms with Gasteiger partial charge in [-0.05, 0) is 49.2 Å². The number of carbonyl (C=O) groups excluding carboxylic acids is 1. The van der Waals surface area contributed by atoms with Crippen molar-refractivity contribution in [3.8, 4) is 11.1 Å². The second kappa shape index (κ2) is 6.76. The summed E-state index contributed by atoms with van der Waals surface area (Å²) in [5, 5.41) is 11.3. The van der Waals surface area contributed by atoms with Gasteiger partial charge in [-0.2, -0.15) is 5.10 Å². The van der Waals surface area contributed by atoms with Gasteiger partial charge in [-0.15, -0.1) is 11.3 Å². The van der Waals surface area contributed by atoms with Crippen molar-refractivity contribution in [3.63, 3.8) is 0 Å². The number of carbonyl (C=O) groups is 1. The van der Waals surface area contributed by atoms with E-state index in [4.69, 9.17) is 0 Å². The molecule has 140 valence electrons. The third kappa shape index (κ3) is 3.03. The molecule has 2 N–H and O–H groups in total. The average molecular weight is 389 g/mol. The van der Waals surface area contributed by atoms with E-state index in [0.717, 1.165) is 44.1 Å². The molecule has 0 spiro atoms. The molecule has 1 unspecified atom stereocenters. The number of hydrogen-bond acceptors (Lipinski definition) is 5. The number of fused-ring (bicyclic) bond motifs is 1. The number of rotatable bonds is 4. The van der Waals surface area contributed by atoms with Gasteiger partial charge in [0.05, 0.1) is 21.4 Å². The molecule has 1 saturated heterocycles. The van der Waals surface area contributed by atoms with Crippen LogP contribution in [0.3, 0.4) is 0 Å². The highest BCUT2D eigenvalue weighted by molar-refractivity contribution is 7.18. The second-order valence-electron chi connectivity index (χ2n) is 6.92. The van der Waals surface area contributed by atoms with Crippen molar-refractivity contribution in [2.45, 2.75) is 19.4 Å². The molecule has 4 aromatic rings. The Morgan fingerprint density at radius 1 is 1.18 bits per heavy atom. The second-order valence-corrected chi connectivity index (χ2v) is 8.16. The molecule has 1 amide bonds. The van der Waals surface area contributed by atoms with Crippen molar-refractivity contribution in [1.29, 1.82) is 0 Å². The van der Waals surface area contributed by atoms with Crippen molar-refractivity contribution in [2.24, 2.45) is 0 Å². The Hall–Kier alpha value is -3.19. The highest BCUT2D eigenvalue weighted by Crippen LogP contribution is 2.29. The van der Waals surface area contributed by atoms with Crippen LogP contribution in [0, 0.1) is 6.92 Å². The van der Waals surface area contributed by atoms with Crippen LogP contribution in [0.15, 0.2) is 54.9 Å². The van der Waals surface area contributed by atoms with E-state index in [1.807, 2.05) is 54.4 Å². The molecule has 0 saturated carbocycles. The van der Waals surface area contributed by atoms with E-state index in [9.17, 15) is 4.79 Å². The fourth-order valence-electron chi connectivity index (χ4n) is 3.64. The number of aromatic amines is 1. The Labute approximate surface area is 166 Å². The van der Waals surface area contributed by atoms with Crippen LogP contribution in [0.4, 0.5) is 11.4 Å². The van der Waals surface area contributed by atoms with Gasteiger partial charge in [0.2, 0.25) is 5.91 Å². The summed E-state index contributed by atoms with van der Waals surface area (Å²) in [6.45, 7) is 2.72. The molecule has 7 heteroatoms. The molecule has 1 atom stereocenters. The Kier molecular flexibility index (Phi) is 4.09. The van der Waals surface area contributed by atoms with Gasteiger partial charge in [0.1, 0.15) is 6.04 Å². The minimum atomic E-state index is -0.208. The fraction of sp³-hybridized carbons (Fsp3) is 0.190. The molecule has 0 radical (unpaired) electrons. The van der Waals surface area contributed by atoms with Gasteiger partial charge < -0.3 is 10.2 Å². The summed E-state index contributed by atoms with van der Waals surface area (Å²) in [5.74, 6) is 0.108. The highest BCUT2D eigenvalue weighted by atomic mass is 32.1. The standard InChI is InChI=1S/C21H19N5OS/c1-13-24-18-7-4-16(10-20(18)28-13)25-19-8-9-26(21(19)27)17-5-2-14(3-6-17)15-11-22-23-12-15/h2-7,10-12,19,25H,8-9H2,1H3,(H,22,23). The normalized spacial score (nSPS) is 16.8. The molecule has 1 fully saturated rings. The number of anilines is 2. The maximum Gasteiger partial charge on any atom is 0.249 e. The number of thiazole rings is 1. The Balaban J connectivity index is 1.31. The maximum absolute atomic E-state index is 12.9. The molecule has 0 bridgehead atoms. The summed E-state index contributed by atoms with van der Waals surface area (Å²) in [4.78, 5) is 19.3. The average Bonchev–Trinajstić information content (AvgIpc) is 3.42. The van der Waals surface area contributed by atoms with Crippen LogP contribution in [-0.4, -0.2) is 33.7 Å². The van der Waals surface area contributed by atoms with Crippen molar-refractivity contribution in [3.05, 3.63) is 59.9 Å². The predicted octanol–water partition coefficient (Wildman–Crippen LogP) is 4.21. The summed E-state index contributed by atoms with van der Waals surface area (Å²) >= 11 is 1.67. The lowest BCUT2D eigenvalue weighted by molar-refractivity contribution is -0.117. The van der Waals surface area contributed by atoms with Crippen LogP contribution in [0.25, 0.3) is 21.3 Å². The van der Waals surface area contributed by atoms with Gasteiger partial charge in [-0.3, -0.25) is 9.89 Å². The van der Waals surface area contributed by atoms with Crippen molar-refractivity contribution in [2.75, 3.05) is 16.8 Å². The minimum absolute atomic E-state index is 0.108. The van der Waals surface area contributed by atoms with Gasteiger partial charge >= 0.3 is 0 Å². The van der Waals surface area contributed by atoms with Gasteiger partial charge in [0.15, 0.2) is 0 Å². The monoisotopic (exact) mass is 389 g/mol. The number of nitrogens with one attached hydrogen (secondary N) is 2. The predicted molar refractivity (Wildman–Crippen MR) is 113 cm³/mol. The molecule has 6 nitrogen and oxygen atoms in total. The summed E-state index contributed by atoms with van der Waals surface area (Å²) < 4.78 is 1.14. The topological polar surface area (TPSA) is 73.9 Å². The minimum Gasteiger partial charge on any atom is -0.374 e.